The highest BCUT2D eigenvalue weighted by Gasteiger charge is 2.19. The lowest BCUT2D eigenvalue weighted by atomic mass is 10.0. The van der Waals surface area contributed by atoms with Gasteiger partial charge in [0.2, 0.25) is 5.91 Å². The molecule has 1 saturated heterocycles. The van der Waals surface area contributed by atoms with E-state index in [1.54, 1.807) is 0 Å². The van der Waals surface area contributed by atoms with Gasteiger partial charge in [-0.05, 0) is 82.2 Å². The lowest BCUT2D eigenvalue weighted by Gasteiger charge is -2.20. The van der Waals surface area contributed by atoms with E-state index < -0.39 is 5.60 Å². The molecular weight excluding hydrogens is 424 g/mol. The Morgan fingerprint density at radius 3 is 2.06 bits per heavy atom. The minimum atomic E-state index is -0.499. The summed E-state index contributed by atoms with van der Waals surface area (Å²) in [5.41, 5.74) is 4.41. The van der Waals surface area contributed by atoms with E-state index in [4.69, 9.17) is 4.74 Å². The van der Waals surface area contributed by atoms with Gasteiger partial charge in [0, 0.05) is 25.6 Å². The van der Waals surface area contributed by atoms with Crippen LogP contribution in [0, 0.1) is 0 Å². The fraction of sp³-hybridized carbons (Fsp3) is 0.517. The minimum Gasteiger partial charge on any atom is -0.460 e. The molecule has 5 heteroatoms. The predicted octanol–water partition coefficient (Wildman–Crippen LogP) is 5.16. The summed E-state index contributed by atoms with van der Waals surface area (Å²) in [5, 5.41) is 2.80. The van der Waals surface area contributed by atoms with E-state index in [1.807, 2.05) is 20.8 Å². The maximum Gasteiger partial charge on any atom is 0.308 e. The SMILES string of the molecule is CC1CCCN1CCc1ccc(-c2ccc(CCC(=O)NCCC(=O)OC(C)(C)C)cc2)cc1. The van der Waals surface area contributed by atoms with Crippen molar-refractivity contribution in [2.45, 2.75) is 77.9 Å². The van der Waals surface area contributed by atoms with Gasteiger partial charge >= 0.3 is 5.97 Å². The van der Waals surface area contributed by atoms with Crippen LogP contribution < -0.4 is 5.32 Å². The van der Waals surface area contributed by atoms with E-state index in [9.17, 15) is 9.59 Å². The summed E-state index contributed by atoms with van der Waals surface area (Å²) >= 11 is 0. The van der Waals surface area contributed by atoms with Gasteiger partial charge in [-0.1, -0.05) is 48.5 Å². The summed E-state index contributed by atoms with van der Waals surface area (Å²) in [4.78, 5) is 26.4. The standard InChI is InChI=1S/C29H40N2O3/c1-22-6-5-20-31(22)21-18-24-9-14-26(15-10-24)25-12-7-23(8-13-25)11-16-27(32)30-19-17-28(33)34-29(2,3)4/h7-10,12-15,22H,5-6,11,16-21H2,1-4H3,(H,30,32). The van der Waals surface area contributed by atoms with Crippen LogP contribution >= 0.6 is 0 Å². The van der Waals surface area contributed by atoms with Crippen LogP contribution in [-0.2, 0) is 27.2 Å². The van der Waals surface area contributed by atoms with Crippen molar-refractivity contribution in [1.29, 1.82) is 0 Å². The first kappa shape index (κ1) is 26.0. The Morgan fingerprint density at radius 2 is 1.53 bits per heavy atom. The smallest absolute Gasteiger partial charge is 0.308 e. The van der Waals surface area contributed by atoms with E-state index in [2.05, 4.69) is 65.7 Å². The predicted molar refractivity (Wildman–Crippen MR) is 138 cm³/mol. The second kappa shape index (κ2) is 12.2. The molecule has 2 aromatic rings. The molecule has 0 aromatic heterocycles. The normalized spacial score (nSPS) is 16.4. The number of rotatable bonds is 10. The third kappa shape index (κ3) is 8.60. The van der Waals surface area contributed by atoms with Crippen molar-refractivity contribution in [1.82, 2.24) is 10.2 Å². The zero-order valence-electron chi connectivity index (χ0n) is 21.2. The number of benzene rings is 2. The van der Waals surface area contributed by atoms with Gasteiger partial charge in [-0.2, -0.15) is 0 Å². The van der Waals surface area contributed by atoms with E-state index in [-0.39, 0.29) is 18.3 Å². The van der Waals surface area contributed by atoms with Gasteiger partial charge in [0.05, 0.1) is 6.42 Å². The van der Waals surface area contributed by atoms with Crippen molar-refractivity contribution in [3.05, 3.63) is 59.7 Å². The molecule has 1 atom stereocenters. The molecule has 1 N–H and O–H groups in total. The van der Waals surface area contributed by atoms with Crippen LogP contribution in [0.2, 0.25) is 0 Å². The maximum absolute atomic E-state index is 12.1. The number of esters is 1. The molecule has 184 valence electrons. The van der Waals surface area contributed by atoms with E-state index in [0.29, 0.717) is 19.4 Å². The van der Waals surface area contributed by atoms with Gasteiger partial charge in [0.25, 0.3) is 0 Å². The van der Waals surface area contributed by atoms with Gasteiger partial charge in [-0.3, -0.25) is 9.59 Å². The lowest BCUT2D eigenvalue weighted by molar-refractivity contribution is -0.154. The van der Waals surface area contributed by atoms with Crippen molar-refractivity contribution in [3.63, 3.8) is 0 Å². The van der Waals surface area contributed by atoms with Crippen LogP contribution in [0.5, 0.6) is 0 Å². The average Bonchev–Trinajstić information content (AvgIpc) is 3.20. The van der Waals surface area contributed by atoms with Crippen molar-refractivity contribution >= 4 is 11.9 Å². The number of likely N-dealkylation sites (tertiary alicyclic amines) is 1. The van der Waals surface area contributed by atoms with Crippen LogP contribution in [0.15, 0.2) is 48.5 Å². The summed E-state index contributed by atoms with van der Waals surface area (Å²) in [6, 6.07) is 18.0. The molecule has 1 aliphatic heterocycles. The number of hydrogen-bond donors (Lipinski definition) is 1. The number of amides is 1. The zero-order valence-corrected chi connectivity index (χ0v) is 21.2. The first-order valence-corrected chi connectivity index (χ1v) is 12.6. The monoisotopic (exact) mass is 464 g/mol. The highest BCUT2D eigenvalue weighted by atomic mass is 16.6. The Balaban J connectivity index is 1.39. The Bertz CT molecular complexity index is 929. The van der Waals surface area contributed by atoms with Gasteiger partial charge in [0.1, 0.15) is 5.60 Å². The molecule has 34 heavy (non-hydrogen) atoms. The number of nitrogens with one attached hydrogen (secondary N) is 1. The molecule has 1 heterocycles. The summed E-state index contributed by atoms with van der Waals surface area (Å²) in [7, 11) is 0. The maximum atomic E-state index is 12.1. The van der Waals surface area contributed by atoms with Gasteiger partial charge < -0.3 is 15.0 Å². The Kier molecular flexibility index (Phi) is 9.28. The Hall–Kier alpha value is -2.66. The molecule has 5 nitrogen and oxygen atoms in total. The number of ether oxygens (including phenoxy) is 1. The number of carbonyl (C=O) groups excluding carboxylic acids is 2. The third-order valence-electron chi connectivity index (χ3n) is 6.33. The first-order valence-electron chi connectivity index (χ1n) is 12.6. The molecule has 2 aromatic carbocycles. The quantitative estimate of drug-likeness (QED) is 0.494. The van der Waals surface area contributed by atoms with Crippen LogP contribution in [-0.4, -0.2) is 48.1 Å². The molecule has 1 aliphatic rings. The van der Waals surface area contributed by atoms with Gasteiger partial charge in [-0.25, -0.2) is 0 Å². The van der Waals surface area contributed by atoms with Crippen LogP contribution in [0.1, 0.15) is 64.5 Å². The zero-order chi connectivity index (χ0) is 24.6. The molecule has 0 bridgehead atoms. The van der Waals surface area contributed by atoms with E-state index in [0.717, 1.165) is 24.6 Å². The van der Waals surface area contributed by atoms with Crippen molar-refractivity contribution < 1.29 is 14.3 Å². The summed E-state index contributed by atoms with van der Waals surface area (Å²) in [6.45, 7) is 10.5. The highest BCUT2D eigenvalue weighted by molar-refractivity contribution is 5.77. The molecular formula is C29H40N2O3. The van der Waals surface area contributed by atoms with Crippen LogP contribution in [0.3, 0.4) is 0 Å². The van der Waals surface area contributed by atoms with Crippen molar-refractivity contribution in [2.24, 2.45) is 0 Å². The molecule has 0 spiro atoms. The fourth-order valence-corrected chi connectivity index (χ4v) is 4.37. The lowest BCUT2D eigenvalue weighted by Crippen LogP contribution is -2.29. The van der Waals surface area contributed by atoms with Crippen molar-refractivity contribution in [2.75, 3.05) is 19.6 Å². The average molecular weight is 465 g/mol. The third-order valence-corrected chi connectivity index (χ3v) is 6.33. The van der Waals surface area contributed by atoms with Crippen molar-refractivity contribution in [3.8, 4) is 11.1 Å². The molecule has 1 unspecified atom stereocenters. The molecule has 3 rings (SSSR count). The van der Waals surface area contributed by atoms with Gasteiger partial charge in [0.15, 0.2) is 0 Å². The highest BCUT2D eigenvalue weighted by Crippen LogP contribution is 2.22. The number of nitrogens with zero attached hydrogens (tertiary/aromatic N) is 1. The Morgan fingerprint density at radius 1 is 0.941 bits per heavy atom. The molecule has 0 aliphatic carbocycles. The van der Waals surface area contributed by atoms with Crippen LogP contribution in [0.25, 0.3) is 11.1 Å². The van der Waals surface area contributed by atoms with E-state index in [1.165, 1.54) is 36.1 Å². The van der Waals surface area contributed by atoms with Crippen LogP contribution in [0.4, 0.5) is 0 Å². The molecule has 0 radical (unpaired) electrons. The number of hydrogen-bond acceptors (Lipinski definition) is 4. The fourth-order valence-electron chi connectivity index (χ4n) is 4.37. The van der Waals surface area contributed by atoms with Gasteiger partial charge in [-0.15, -0.1) is 0 Å². The second-order valence-corrected chi connectivity index (χ2v) is 10.4. The second-order valence-electron chi connectivity index (χ2n) is 10.4. The summed E-state index contributed by atoms with van der Waals surface area (Å²) in [6.07, 6.45) is 5.02. The minimum absolute atomic E-state index is 0.0495. The first-order chi connectivity index (χ1) is 16.2. The topological polar surface area (TPSA) is 58.6 Å². The summed E-state index contributed by atoms with van der Waals surface area (Å²) in [5.74, 6) is -0.343. The number of carbonyl (C=O) groups is 2. The number of aryl methyl sites for hydroxylation is 1. The molecule has 1 amide bonds. The largest absolute Gasteiger partial charge is 0.460 e. The molecule has 1 fully saturated rings. The van der Waals surface area contributed by atoms with E-state index >= 15 is 0 Å². The Labute approximate surface area is 204 Å². The summed E-state index contributed by atoms with van der Waals surface area (Å²) < 4.78 is 5.25. The molecule has 0 saturated carbocycles.